The van der Waals surface area contributed by atoms with Gasteiger partial charge in [-0.05, 0) is 31.4 Å². The van der Waals surface area contributed by atoms with Crippen LogP contribution in [-0.4, -0.2) is 29.1 Å². The van der Waals surface area contributed by atoms with Crippen LogP contribution in [0.25, 0.3) is 0 Å². The van der Waals surface area contributed by atoms with E-state index in [9.17, 15) is 14.7 Å². The number of carbonyl (C=O) groups excluding carboxylic acids is 1. The number of nitrogens with one attached hydrogen (secondary N) is 1. The molecule has 5 heteroatoms. The van der Waals surface area contributed by atoms with Crippen molar-refractivity contribution in [3.63, 3.8) is 0 Å². The van der Waals surface area contributed by atoms with Crippen molar-refractivity contribution in [3.8, 4) is 5.75 Å². The molecule has 0 atom stereocenters. The number of ether oxygens (including phenoxy) is 1. The predicted molar refractivity (Wildman–Crippen MR) is 78.3 cm³/mol. The SMILES string of the molecule is Cc1ccccc1OCCC(=O)NC1(C(=O)O)CCCC1. The second kappa shape index (κ2) is 6.61. The fourth-order valence-corrected chi connectivity index (χ4v) is 2.67. The fourth-order valence-electron chi connectivity index (χ4n) is 2.67. The van der Waals surface area contributed by atoms with E-state index in [4.69, 9.17) is 4.74 Å². The van der Waals surface area contributed by atoms with Gasteiger partial charge in [-0.3, -0.25) is 4.79 Å². The minimum Gasteiger partial charge on any atom is -0.493 e. The fraction of sp³-hybridized carbons (Fsp3) is 0.500. The second-order valence-electron chi connectivity index (χ2n) is 5.51. The zero-order valence-corrected chi connectivity index (χ0v) is 12.2. The number of benzene rings is 1. The lowest BCUT2D eigenvalue weighted by molar-refractivity contribution is -0.147. The number of aryl methyl sites for hydroxylation is 1. The van der Waals surface area contributed by atoms with Crippen LogP contribution in [0.5, 0.6) is 5.75 Å². The number of hydrogen-bond donors (Lipinski definition) is 2. The van der Waals surface area contributed by atoms with E-state index in [1.807, 2.05) is 31.2 Å². The maximum atomic E-state index is 11.9. The Hall–Kier alpha value is -2.04. The molecule has 2 rings (SSSR count). The zero-order chi connectivity index (χ0) is 15.3. The number of carboxylic acid groups (broad SMARTS) is 1. The Labute approximate surface area is 124 Å². The molecule has 1 aliphatic rings. The molecule has 0 radical (unpaired) electrons. The molecule has 2 N–H and O–H groups in total. The molecule has 0 saturated heterocycles. The molecular weight excluding hydrogens is 270 g/mol. The van der Waals surface area contributed by atoms with E-state index >= 15 is 0 Å². The summed E-state index contributed by atoms with van der Waals surface area (Å²) in [5.41, 5.74) is -0.0598. The second-order valence-corrected chi connectivity index (χ2v) is 5.51. The average Bonchev–Trinajstić information content (AvgIpc) is 2.91. The maximum absolute atomic E-state index is 11.9. The Morgan fingerprint density at radius 1 is 1.29 bits per heavy atom. The number of carbonyl (C=O) groups is 2. The number of hydrogen-bond acceptors (Lipinski definition) is 3. The smallest absolute Gasteiger partial charge is 0.329 e. The van der Waals surface area contributed by atoms with E-state index < -0.39 is 11.5 Å². The van der Waals surface area contributed by atoms with E-state index in [2.05, 4.69) is 5.32 Å². The van der Waals surface area contributed by atoms with Gasteiger partial charge in [-0.15, -0.1) is 0 Å². The lowest BCUT2D eigenvalue weighted by atomic mass is 9.97. The molecule has 1 fully saturated rings. The molecule has 0 heterocycles. The first-order valence-corrected chi connectivity index (χ1v) is 7.26. The van der Waals surface area contributed by atoms with Gasteiger partial charge in [0.25, 0.3) is 0 Å². The van der Waals surface area contributed by atoms with Crippen LogP contribution in [0.15, 0.2) is 24.3 Å². The van der Waals surface area contributed by atoms with E-state index in [-0.39, 0.29) is 18.9 Å². The summed E-state index contributed by atoms with van der Waals surface area (Å²) in [5.74, 6) is -0.458. The third-order valence-electron chi connectivity index (χ3n) is 3.93. The van der Waals surface area contributed by atoms with Gasteiger partial charge in [0.05, 0.1) is 13.0 Å². The molecular formula is C16H21NO4. The highest BCUT2D eigenvalue weighted by atomic mass is 16.5. The maximum Gasteiger partial charge on any atom is 0.329 e. The van der Waals surface area contributed by atoms with Crippen LogP contribution in [0.1, 0.15) is 37.7 Å². The molecule has 0 aromatic heterocycles. The van der Waals surface area contributed by atoms with Crippen LogP contribution in [-0.2, 0) is 9.59 Å². The highest BCUT2D eigenvalue weighted by Gasteiger charge is 2.42. The summed E-state index contributed by atoms with van der Waals surface area (Å²) in [6.45, 7) is 2.18. The summed E-state index contributed by atoms with van der Waals surface area (Å²) in [6, 6.07) is 7.59. The van der Waals surface area contributed by atoms with Gasteiger partial charge < -0.3 is 15.2 Å². The van der Waals surface area contributed by atoms with Crippen LogP contribution >= 0.6 is 0 Å². The minimum atomic E-state index is -1.07. The van der Waals surface area contributed by atoms with Gasteiger partial charge in [0.1, 0.15) is 11.3 Å². The van der Waals surface area contributed by atoms with Crippen LogP contribution in [0.3, 0.4) is 0 Å². The molecule has 0 bridgehead atoms. The number of carboxylic acids is 1. The van der Waals surface area contributed by atoms with E-state index in [1.54, 1.807) is 0 Å². The largest absolute Gasteiger partial charge is 0.493 e. The quantitative estimate of drug-likeness (QED) is 0.843. The molecule has 5 nitrogen and oxygen atoms in total. The third-order valence-corrected chi connectivity index (χ3v) is 3.93. The lowest BCUT2D eigenvalue weighted by Gasteiger charge is -2.25. The molecule has 1 saturated carbocycles. The zero-order valence-electron chi connectivity index (χ0n) is 12.2. The molecule has 0 spiro atoms. The Morgan fingerprint density at radius 2 is 1.95 bits per heavy atom. The number of aliphatic carboxylic acids is 1. The van der Waals surface area contributed by atoms with Crippen molar-refractivity contribution < 1.29 is 19.4 Å². The van der Waals surface area contributed by atoms with Crippen molar-refractivity contribution in [1.29, 1.82) is 0 Å². The number of rotatable bonds is 6. The predicted octanol–water partition coefficient (Wildman–Crippen LogP) is 2.28. The van der Waals surface area contributed by atoms with Crippen LogP contribution in [0.4, 0.5) is 0 Å². The van der Waals surface area contributed by atoms with Gasteiger partial charge in [0.15, 0.2) is 0 Å². The van der Waals surface area contributed by atoms with Crippen molar-refractivity contribution in [2.45, 2.75) is 44.6 Å². The highest BCUT2D eigenvalue weighted by Crippen LogP contribution is 2.30. The molecule has 114 valence electrons. The van der Waals surface area contributed by atoms with E-state index in [0.717, 1.165) is 24.2 Å². The number of para-hydroxylation sites is 1. The minimum absolute atomic E-state index is 0.156. The highest BCUT2D eigenvalue weighted by molar-refractivity contribution is 5.87. The molecule has 21 heavy (non-hydrogen) atoms. The van der Waals surface area contributed by atoms with Crippen molar-refractivity contribution in [2.24, 2.45) is 0 Å². The van der Waals surface area contributed by atoms with Crippen molar-refractivity contribution in [3.05, 3.63) is 29.8 Å². The van der Waals surface area contributed by atoms with Crippen LogP contribution in [0.2, 0.25) is 0 Å². The molecule has 0 aliphatic heterocycles. The number of amides is 1. The van der Waals surface area contributed by atoms with Crippen LogP contribution < -0.4 is 10.1 Å². The Morgan fingerprint density at radius 3 is 2.57 bits per heavy atom. The molecule has 1 aromatic carbocycles. The van der Waals surface area contributed by atoms with Gasteiger partial charge in [-0.2, -0.15) is 0 Å². The van der Waals surface area contributed by atoms with Crippen molar-refractivity contribution in [1.82, 2.24) is 5.32 Å². The Bertz CT molecular complexity index is 521. The van der Waals surface area contributed by atoms with Gasteiger partial charge in [-0.1, -0.05) is 31.0 Å². The standard InChI is InChI=1S/C16H21NO4/c1-12-6-2-3-7-13(12)21-11-8-14(18)17-16(15(19)20)9-4-5-10-16/h2-3,6-7H,4-5,8-11H2,1H3,(H,17,18)(H,19,20). The van der Waals surface area contributed by atoms with E-state index in [0.29, 0.717) is 12.8 Å². The molecule has 1 aliphatic carbocycles. The average molecular weight is 291 g/mol. The molecule has 1 aromatic rings. The summed E-state index contributed by atoms with van der Waals surface area (Å²) >= 11 is 0. The Kier molecular flexibility index (Phi) is 4.83. The van der Waals surface area contributed by atoms with Gasteiger partial charge in [0, 0.05) is 0 Å². The first kappa shape index (κ1) is 15.4. The van der Waals surface area contributed by atoms with E-state index in [1.165, 1.54) is 0 Å². The monoisotopic (exact) mass is 291 g/mol. The normalized spacial score (nSPS) is 16.4. The van der Waals surface area contributed by atoms with Crippen molar-refractivity contribution >= 4 is 11.9 Å². The van der Waals surface area contributed by atoms with Gasteiger partial charge in [0.2, 0.25) is 5.91 Å². The first-order valence-electron chi connectivity index (χ1n) is 7.26. The lowest BCUT2D eigenvalue weighted by Crippen LogP contribution is -2.52. The van der Waals surface area contributed by atoms with Crippen molar-refractivity contribution in [2.75, 3.05) is 6.61 Å². The van der Waals surface area contributed by atoms with Crippen LogP contribution in [0, 0.1) is 6.92 Å². The molecule has 0 unspecified atom stereocenters. The molecule has 1 amide bonds. The van der Waals surface area contributed by atoms with Gasteiger partial charge in [-0.25, -0.2) is 4.79 Å². The third kappa shape index (κ3) is 3.74. The summed E-state index contributed by atoms with van der Waals surface area (Å²) < 4.78 is 5.56. The van der Waals surface area contributed by atoms with Gasteiger partial charge >= 0.3 is 5.97 Å². The topological polar surface area (TPSA) is 75.6 Å². The summed E-state index contributed by atoms with van der Waals surface area (Å²) in [6.07, 6.45) is 2.85. The summed E-state index contributed by atoms with van der Waals surface area (Å²) in [5, 5.41) is 12.0. The first-order chi connectivity index (χ1) is 10.0. The Balaban J connectivity index is 1.82. The summed E-state index contributed by atoms with van der Waals surface area (Å²) in [7, 11) is 0. The summed E-state index contributed by atoms with van der Waals surface area (Å²) in [4.78, 5) is 23.3.